The van der Waals surface area contributed by atoms with Crippen LogP contribution in [-0.2, 0) is 6.54 Å². The lowest BCUT2D eigenvalue weighted by atomic mass is 10.1. The van der Waals surface area contributed by atoms with Crippen molar-refractivity contribution < 1.29 is 4.42 Å². The second-order valence-corrected chi connectivity index (χ2v) is 8.25. The lowest BCUT2D eigenvalue weighted by Gasteiger charge is -2.07. The van der Waals surface area contributed by atoms with E-state index in [1.807, 2.05) is 30.4 Å². The van der Waals surface area contributed by atoms with Crippen LogP contribution in [0.2, 0.25) is 0 Å². The molecule has 0 saturated heterocycles. The number of hydrogen-bond donors (Lipinski definition) is 0. The predicted molar refractivity (Wildman–Crippen MR) is 135 cm³/mol. The van der Waals surface area contributed by atoms with Crippen LogP contribution in [0.3, 0.4) is 0 Å². The van der Waals surface area contributed by atoms with Crippen LogP contribution >= 0.6 is 0 Å². The summed E-state index contributed by atoms with van der Waals surface area (Å²) in [4.78, 5) is 5.07. The van der Waals surface area contributed by atoms with Crippen LogP contribution in [0.1, 0.15) is 5.56 Å². The van der Waals surface area contributed by atoms with Gasteiger partial charge >= 0.3 is 0 Å². The van der Waals surface area contributed by atoms with Gasteiger partial charge in [0.1, 0.15) is 11.1 Å². The number of fused-ring (bicyclic) bond motifs is 8. The van der Waals surface area contributed by atoms with Crippen molar-refractivity contribution in [2.24, 2.45) is 0 Å². The summed E-state index contributed by atoms with van der Waals surface area (Å²) in [7, 11) is 0. The molecule has 33 heavy (non-hydrogen) atoms. The molecule has 0 aliphatic carbocycles. The molecule has 0 radical (unpaired) electrons. The summed E-state index contributed by atoms with van der Waals surface area (Å²) in [6.07, 6.45) is 5.94. The van der Waals surface area contributed by atoms with E-state index >= 15 is 0 Å². The standard InChI is InChI=1S/C28H20N4O/c1-3-15-30-17-18(4-2)21-16-19(13-14-22(21)30)31-23-10-6-7-11-24(23)32-27-26(29-28(31)32)20-9-5-8-12-25(20)33-27/h3-14,16-17H,1-2,15H2. The highest BCUT2D eigenvalue weighted by Crippen LogP contribution is 2.35. The maximum Gasteiger partial charge on any atom is 0.234 e. The van der Waals surface area contributed by atoms with E-state index in [0.29, 0.717) is 0 Å². The number of nitrogens with zero attached hydrogens (tertiary/aromatic N) is 4. The maximum atomic E-state index is 6.26. The Morgan fingerprint density at radius 2 is 1.70 bits per heavy atom. The number of hydrogen-bond acceptors (Lipinski definition) is 2. The van der Waals surface area contributed by atoms with Gasteiger partial charge in [0.05, 0.1) is 11.0 Å². The summed E-state index contributed by atoms with van der Waals surface area (Å²) in [5, 5.41) is 2.18. The van der Waals surface area contributed by atoms with Gasteiger partial charge in [-0.25, -0.2) is 9.38 Å². The van der Waals surface area contributed by atoms with Crippen molar-refractivity contribution in [2.75, 3.05) is 0 Å². The molecule has 0 aliphatic rings. The monoisotopic (exact) mass is 428 g/mol. The Morgan fingerprint density at radius 3 is 2.55 bits per heavy atom. The number of imidazole rings is 2. The first-order valence-electron chi connectivity index (χ1n) is 10.9. The molecule has 4 heterocycles. The molecule has 0 N–H and O–H groups in total. The van der Waals surface area contributed by atoms with E-state index in [0.717, 1.165) is 67.7 Å². The molecule has 0 atom stereocenters. The van der Waals surface area contributed by atoms with E-state index < -0.39 is 0 Å². The molecule has 0 saturated carbocycles. The number of furan rings is 1. The summed E-state index contributed by atoms with van der Waals surface area (Å²) >= 11 is 0. The fourth-order valence-electron chi connectivity index (χ4n) is 5.00. The molecule has 0 aliphatic heterocycles. The van der Waals surface area contributed by atoms with Crippen molar-refractivity contribution >= 4 is 56.0 Å². The van der Waals surface area contributed by atoms with Crippen molar-refractivity contribution in [3.63, 3.8) is 0 Å². The average molecular weight is 428 g/mol. The second kappa shape index (κ2) is 6.50. The Hall–Kier alpha value is -4.51. The zero-order chi connectivity index (χ0) is 22.1. The van der Waals surface area contributed by atoms with E-state index in [4.69, 9.17) is 9.40 Å². The molecule has 0 amide bonds. The van der Waals surface area contributed by atoms with Gasteiger partial charge in [-0.05, 0) is 48.0 Å². The third kappa shape index (κ3) is 2.33. The fraction of sp³-hybridized carbons (Fsp3) is 0.0357. The van der Waals surface area contributed by atoms with E-state index in [1.165, 1.54) is 0 Å². The van der Waals surface area contributed by atoms with Gasteiger partial charge in [-0.3, -0.25) is 4.57 Å². The lowest BCUT2D eigenvalue weighted by Crippen LogP contribution is -1.96. The summed E-state index contributed by atoms with van der Waals surface area (Å²) < 4.78 is 12.8. The molecule has 0 unspecified atom stereocenters. The third-order valence-electron chi connectivity index (χ3n) is 6.43. The Balaban J connectivity index is 1.59. The smallest absolute Gasteiger partial charge is 0.234 e. The minimum absolute atomic E-state index is 0.754. The summed E-state index contributed by atoms with van der Waals surface area (Å²) in [5.41, 5.74) is 7.94. The number of benzene rings is 3. The molecule has 3 aromatic carbocycles. The van der Waals surface area contributed by atoms with Crippen molar-refractivity contribution in [2.45, 2.75) is 6.54 Å². The fourth-order valence-corrected chi connectivity index (χ4v) is 5.00. The van der Waals surface area contributed by atoms with Crippen molar-refractivity contribution in [3.05, 3.63) is 97.7 Å². The largest absolute Gasteiger partial charge is 0.437 e. The molecule has 7 rings (SSSR count). The average Bonchev–Trinajstić information content (AvgIpc) is 3.56. The molecule has 5 nitrogen and oxygen atoms in total. The highest BCUT2D eigenvalue weighted by atomic mass is 16.3. The first-order chi connectivity index (χ1) is 16.3. The Morgan fingerprint density at radius 1 is 0.879 bits per heavy atom. The Kier molecular flexibility index (Phi) is 3.56. The van der Waals surface area contributed by atoms with Gasteiger partial charge in [0.2, 0.25) is 11.5 Å². The van der Waals surface area contributed by atoms with Crippen molar-refractivity contribution in [3.8, 4) is 5.69 Å². The van der Waals surface area contributed by atoms with Gasteiger partial charge in [-0.1, -0.05) is 43.0 Å². The predicted octanol–water partition coefficient (Wildman–Crippen LogP) is 6.96. The maximum absolute atomic E-state index is 6.26. The highest BCUT2D eigenvalue weighted by molar-refractivity contribution is 6.05. The number of rotatable bonds is 4. The van der Waals surface area contributed by atoms with E-state index in [9.17, 15) is 0 Å². The second-order valence-electron chi connectivity index (χ2n) is 8.25. The zero-order valence-corrected chi connectivity index (χ0v) is 17.9. The van der Waals surface area contributed by atoms with Crippen LogP contribution in [0, 0.1) is 0 Å². The van der Waals surface area contributed by atoms with Crippen LogP contribution in [0.25, 0.3) is 61.7 Å². The van der Waals surface area contributed by atoms with Crippen LogP contribution in [0.15, 0.2) is 96.6 Å². The van der Waals surface area contributed by atoms with Crippen LogP contribution in [0.4, 0.5) is 0 Å². The first-order valence-corrected chi connectivity index (χ1v) is 10.9. The summed E-state index contributed by atoms with van der Waals surface area (Å²) in [6.45, 7) is 8.67. The van der Waals surface area contributed by atoms with E-state index in [2.05, 4.69) is 81.4 Å². The Labute approximate surface area is 189 Å². The topological polar surface area (TPSA) is 40.3 Å². The third-order valence-corrected chi connectivity index (χ3v) is 6.43. The molecule has 7 aromatic rings. The van der Waals surface area contributed by atoms with Crippen LogP contribution in [0.5, 0.6) is 0 Å². The highest BCUT2D eigenvalue weighted by Gasteiger charge is 2.21. The van der Waals surface area contributed by atoms with E-state index in [-0.39, 0.29) is 0 Å². The molecule has 0 spiro atoms. The van der Waals surface area contributed by atoms with Crippen LogP contribution < -0.4 is 0 Å². The van der Waals surface area contributed by atoms with Gasteiger partial charge < -0.3 is 8.98 Å². The molecule has 5 heteroatoms. The minimum atomic E-state index is 0.754. The van der Waals surface area contributed by atoms with Gasteiger partial charge in [-0.15, -0.1) is 6.58 Å². The number of para-hydroxylation sites is 3. The van der Waals surface area contributed by atoms with Crippen molar-refractivity contribution in [1.29, 1.82) is 0 Å². The van der Waals surface area contributed by atoms with Gasteiger partial charge in [0.25, 0.3) is 0 Å². The van der Waals surface area contributed by atoms with Gasteiger partial charge in [-0.2, -0.15) is 0 Å². The molecule has 158 valence electrons. The minimum Gasteiger partial charge on any atom is -0.437 e. The van der Waals surface area contributed by atoms with Gasteiger partial charge in [0, 0.05) is 34.7 Å². The first kappa shape index (κ1) is 18.1. The molecular formula is C28H20N4O. The van der Waals surface area contributed by atoms with E-state index in [1.54, 1.807) is 0 Å². The number of aromatic nitrogens is 4. The normalized spacial score (nSPS) is 12.0. The zero-order valence-electron chi connectivity index (χ0n) is 17.9. The van der Waals surface area contributed by atoms with Crippen molar-refractivity contribution in [1.82, 2.24) is 18.5 Å². The molecule has 4 aromatic heterocycles. The summed E-state index contributed by atoms with van der Waals surface area (Å²) in [5.74, 6) is 0.834. The molecule has 0 fully saturated rings. The lowest BCUT2D eigenvalue weighted by molar-refractivity contribution is 0.651. The Bertz CT molecular complexity index is 1890. The summed E-state index contributed by atoms with van der Waals surface area (Å²) in [6, 6.07) is 22.9. The SMILES string of the molecule is C=CCn1cc(C=C)c2cc(-n3c4ccccc4n4c5oc6ccccc6c5nc34)ccc21. The molecular weight excluding hydrogens is 408 g/mol. The van der Waals surface area contributed by atoms with Crippen LogP contribution in [-0.4, -0.2) is 18.5 Å². The molecule has 0 bridgehead atoms. The number of allylic oxidation sites excluding steroid dienone is 1. The van der Waals surface area contributed by atoms with Gasteiger partial charge in [0.15, 0.2) is 0 Å². The quantitative estimate of drug-likeness (QED) is 0.284.